The summed E-state index contributed by atoms with van der Waals surface area (Å²) in [4.78, 5) is 2.54. The number of hydrogen-bond acceptors (Lipinski definition) is 2. The molecule has 0 bridgehead atoms. The van der Waals surface area contributed by atoms with E-state index in [0.29, 0.717) is 12.0 Å². The number of likely N-dealkylation sites (tertiary alicyclic amines) is 1. The highest BCUT2D eigenvalue weighted by molar-refractivity contribution is 5.28. The van der Waals surface area contributed by atoms with E-state index in [-0.39, 0.29) is 0 Å². The molecule has 1 heterocycles. The minimum absolute atomic E-state index is 0.401. The Hall–Kier alpha value is -0.860. The van der Waals surface area contributed by atoms with Gasteiger partial charge in [0, 0.05) is 19.1 Å². The summed E-state index contributed by atoms with van der Waals surface area (Å²) in [7, 11) is 0. The lowest BCUT2D eigenvalue weighted by Crippen LogP contribution is -2.45. The maximum atomic E-state index is 6.07. The zero-order valence-corrected chi connectivity index (χ0v) is 11.3. The SMILES string of the molecule is CC1CN(Cc2ccc(C3CC3)cc2)CCC1N. The van der Waals surface area contributed by atoms with Gasteiger partial charge in [-0.2, -0.15) is 0 Å². The van der Waals surface area contributed by atoms with Crippen LogP contribution in [0.4, 0.5) is 0 Å². The summed E-state index contributed by atoms with van der Waals surface area (Å²) < 4.78 is 0. The fourth-order valence-corrected chi connectivity index (χ4v) is 2.96. The van der Waals surface area contributed by atoms with Gasteiger partial charge in [0.15, 0.2) is 0 Å². The third kappa shape index (κ3) is 2.76. The zero-order valence-electron chi connectivity index (χ0n) is 11.3. The summed E-state index contributed by atoms with van der Waals surface area (Å²) in [6.07, 6.45) is 3.92. The minimum atomic E-state index is 0.401. The van der Waals surface area contributed by atoms with E-state index in [4.69, 9.17) is 5.73 Å². The molecule has 2 aliphatic rings. The average Bonchev–Trinajstić information content (AvgIpc) is 3.19. The van der Waals surface area contributed by atoms with Gasteiger partial charge in [-0.15, -0.1) is 0 Å². The maximum absolute atomic E-state index is 6.07. The van der Waals surface area contributed by atoms with Crippen molar-refractivity contribution in [1.82, 2.24) is 4.90 Å². The van der Waals surface area contributed by atoms with Crippen LogP contribution < -0.4 is 5.73 Å². The quantitative estimate of drug-likeness (QED) is 0.886. The van der Waals surface area contributed by atoms with E-state index in [9.17, 15) is 0 Å². The molecule has 2 atom stereocenters. The number of nitrogens with zero attached hydrogens (tertiary/aromatic N) is 1. The summed E-state index contributed by atoms with van der Waals surface area (Å²) in [6, 6.07) is 9.68. The molecule has 1 saturated heterocycles. The molecular formula is C16H24N2. The van der Waals surface area contributed by atoms with Crippen molar-refractivity contribution in [1.29, 1.82) is 0 Å². The van der Waals surface area contributed by atoms with Gasteiger partial charge in [-0.05, 0) is 48.8 Å². The molecule has 0 aromatic heterocycles. The molecule has 18 heavy (non-hydrogen) atoms. The molecule has 2 N–H and O–H groups in total. The standard InChI is InChI=1S/C16H24N2/c1-12-10-18(9-8-16(12)17)11-13-2-4-14(5-3-13)15-6-7-15/h2-5,12,15-16H,6-11,17H2,1H3. The smallest absolute Gasteiger partial charge is 0.0233 e. The van der Waals surface area contributed by atoms with Gasteiger partial charge < -0.3 is 5.73 Å². The molecule has 0 radical (unpaired) electrons. The van der Waals surface area contributed by atoms with Gasteiger partial charge in [0.2, 0.25) is 0 Å². The van der Waals surface area contributed by atoms with E-state index in [2.05, 4.69) is 36.1 Å². The molecule has 1 aromatic carbocycles. The van der Waals surface area contributed by atoms with Crippen LogP contribution in [0.2, 0.25) is 0 Å². The summed E-state index contributed by atoms with van der Waals surface area (Å²) in [6.45, 7) is 5.65. The van der Waals surface area contributed by atoms with Crippen molar-refractivity contribution < 1.29 is 0 Å². The van der Waals surface area contributed by atoms with Gasteiger partial charge in [-0.1, -0.05) is 31.2 Å². The highest BCUT2D eigenvalue weighted by atomic mass is 15.1. The third-order valence-corrected chi connectivity index (χ3v) is 4.49. The van der Waals surface area contributed by atoms with E-state index in [1.165, 1.54) is 24.0 Å². The molecule has 98 valence electrons. The van der Waals surface area contributed by atoms with Crippen LogP contribution in [0.5, 0.6) is 0 Å². The molecule has 0 amide bonds. The Morgan fingerprint density at radius 3 is 2.50 bits per heavy atom. The Bertz CT molecular complexity index is 394. The normalized spacial score (nSPS) is 29.4. The van der Waals surface area contributed by atoms with Gasteiger partial charge in [0.1, 0.15) is 0 Å². The molecule has 2 heteroatoms. The van der Waals surface area contributed by atoms with Crippen molar-refractivity contribution >= 4 is 0 Å². The average molecular weight is 244 g/mol. The fourth-order valence-electron chi connectivity index (χ4n) is 2.96. The van der Waals surface area contributed by atoms with E-state index in [1.54, 1.807) is 0 Å². The fraction of sp³-hybridized carbons (Fsp3) is 0.625. The monoisotopic (exact) mass is 244 g/mol. The van der Waals surface area contributed by atoms with Crippen molar-refractivity contribution in [2.24, 2.45) is 11.7 Å². The maximum Gasteiger partial charge on any atom is 0.0233 e. The first kappa shape index (κ1) is 12.2. The molecule has 0 spiro atoms. The van der Waals surface area contributed by atoms with E-state index < -0.39 is 0 Å². The zero-order chi connectivity index (χ0) is 12.5. The lowest BCUT2D eigenvalue weighted by atomic mass is 9.94. The van der Waals surface area contributed by atoms with Gasteiger partial charge in [-0.25, -0.2) is 0 Å². The summed E-state index contributed by atoms with van der Waals surface area (Å²) >= 11 is 0. The first-order valence-corrected chi connectivity index (χ1v) is 7.29. The van der Waals surface area contributed by atoms with Crippen LogP contribution in [0, 0.1) is 5.92 Å². The number of piperidine rings is 1. The van der Waals surface area contributed by atoms with Crippen molar-refractivity contribution in [3.05, 3.63) is 35.4 Å². The Labute approximate surface area is 110 Å². The number of hydrogen-bond donors (Lipinski definition) is 1. The van der Waals surface area contributed by atoms with Crippen molar-refractivity contribution in [2.75, 3.05) is 13.1 Å². The van der Waals surface area contributed by atoms with E-state index in [0.717, 1.165) is 32.0 Å². The number of rotatable bonds is 3. The molecule has 1 aliphatic carbocycles. The summed E-state index contributed by atoms with van der Waals surface area (Å²) in [5, 5.41) is 0. The second-order valence-electron chi connectivity index (χ2n) is 6.18. The first-order chi connectivity index (χ1) is 8.72. The Morgan fingerprint density at radius 2 is 1.89 bits per heavy atom. The second kappa shape index (κ2) is 5.02. The summed E-state index contributed by atoms with van der Waals surface area (Å²) in [5.41, 5.74) is 9.05. The Kier molecular flexibility index (Phi) is 3.40. The highest BCUT2D eigenvalue weighted by Gasteiger charge is 2.24. The van der Waals surface area contributed by atoms with Crippen molar-refractivity contribution in [3.63, 3.8) is 0 Å². The number of nitrogens with two attached hydrogens (primary N) is 1. The molecule has 1 aliphatic heterocycles. The van der Waals surface area contributed by atoms with Gasteiger partial charge >= 0.3 is 0 Å². The van der Waals surface area contributed by atoms with Gasteiger partial charge in [0.25, 0.3) is 0 Å². The van der Waals surface area contributed by atoms with Crippen LogP contribution in [0.25, 0.3) is 0 Å². The van der Waals surface area contributed by atoms with Crippen LogP contribution in [-0.4, -0.2) is 24.0 Å². The molecule has 1 aromatic rings. The third-order valence-electron chi connectivity index (χ3n) is 4.49. The second-order valence-corrected chi connectivity index (χ2v) is 6.18. The minimum Gasteiger partial charge on any atom is -0.327 e. The largest absolute Gasteiger partial charge is 0.327 e. The first-order valence-electron chi connectivity index (χ1n) is 7.29. The van der Waals surface area contributed by atoms with Crippen LogP contribution in [0.15, 0.2) is 24.3 Å². The number of benzene rings is 1. The molecule has 1 saturated carbocycles. The van der Waals surface area contributed by atoms with Gasteiger partial charge in [0.05, 0.1) is 0 Å². The molecule has 2 unspecified atom stereocenters. The van der Waals surface area contributed by atoms with Gasteiger partial charge in [-0.3, -0.25) is 4.90 Å². The predicted molar refractivity (Wildman–Crippen MR) is 75.5 cm³/mol. The molecule has 2 fully saturated rings. The molecule has 2 nitrogen and oxygen atoms in total. The molecular weight excluding hydrogens is 220 g/mol. The van der Waals surface area contributed by atoms with Crippen molar-refractivity contribution in [3.8, 4) is 0 Å². The molecule has 3 rings (SSSR count). The highest BCUT2D eigenvalue weighted by Crippen LogP contribution is 2.39. The Balaban J connectivity index is 1.58. The topological polar surface area (TPSA) is 29.3 Å². The van der Waals surface area contributed by atoms with Crippen molar-refractivity contribution in [2.45, 2.75) is 44.7 Å². The van der Waals surface area contributed by atoms with Crippen LogP contribution in [-0.2, 0) is 6.54 Å². The van der Waals surface area contributed by atoms with Crippen LogP contribution in [0.1, 0.15) is 43.2 Å². The van der Waals surface area contributed by atoms with E-state index >= 15 is 0 Å². The van der Waals surface area contributed by atoms with Crippen LogP contribution >= 0.6 is 0 Å². The predicted octanol–water partition coefficient (Wildman–Crippen LogP) is 2.73. The van der Waals surface area contributed by atoms with Crippen LogP contribution in [0.3, 0.4) is 0 Å². The lowest BCUT2D eigenvalue weighted by molar-refractivity contribution is 0.158. The Morgan fingerprint density at radius 1 is 1.17 bits per heavy atom. The lowest BCUT2D eigenvalue weighted by Gasteiger charge is -2.35. The summed E-state index contributed by atoms with van der Waals surface area (Å²) in [5.74, 6) is 1.50. The van der Waals surface area contributed by atoms with E-state index in [1.807, 2.05) is 0 Å².